The van der Waals surface area contributed by atoms with Crippen LogP contribution in [0.1, 0.15) is 17.3 Å². The second-order valence-corrected chi connectivity index (χ2v) is 6.65. The van der Waals surface area contributed by atoms with Crippen LogP contribution in [-0.4, -0.2) is 56.4 Å². The van der Waals surface area contributed by atoms with Crippen molar-refractivity contribution in [3.05, 3.63) is 54.1 Å². The van der Waals surface area contributed by atoms with Crippen molar-refractivity contribution in [2.75, 3.05) is 50.1 Å². The molecule has 1 heterocycles. The number of hydrogen-bond acceptors (Lipinski definition) is 5. The number of nitrogens with one attached hydrogen (secondary N) is 1. The molecule has 0 bridgehead atoms. The summed E-state index contributed by atoms with van der Waals surface area (Å²) in [5.74, 6) is 0.771. The molecule has 0 radical (unpaired) electrons. The summed E-state index contributed by atoms with van der Waals surface area (Å²) in [6.07, 6.45) is 0. The molecule has 1 saturated heterocycles. The number of ether oxygens (including phenoxy) is 1. The first-order valence-electron chi connectivity index (χ1n) is 9.07. The third kappa shape index (κ3) is 5.08. The SMILES string of the molecule is COc1cccc(N2CCN(CC(=O)Nc3cccc(C(C)=O)c3)CC2)c1. The number of Topliss-reactive ketones (excluding diaryl/α,β-unsaturated/α-hetero) is 1. The minimum atomic E-state index is -0.0643. The maximum Gasteiger partial charge on any atom is 0.238 e. The predicted molar refractivity (Wildman–Crippen MR) is 107 cm³/mol. The van der Waals surface area contributed by atoms with Gasteiger partial charge in [0.05, 0.1) is 13.7 Å². The molecular formula is C21H25N3O3. The molecule has 0 spiro atoms. The molecule has 0 aliphatic carbocycles. The summed E-state index contributed by atoms with van der Waals surface area (Å²) in [6.45, 7) is 5.22. The molecule has 27 heavy (non-hydrogen) atoms. The van der Waals surface area contributed by atoms with Gasteiger partial charge >= 0.3 is 0 Å². The van der Waals surface area contributed by atoms with E-state index in [1.807, 2.05) is 18.2 Å². The molecule has 2 aromatic carbocycles. The summed E-state index contributed by atoms with van der Waals surface area (Å²) < 4.78 is 5.29. The van der Waals surface area contributed by atoms with Crippen LogP contribution >= 0.6 is 0 Å². The molecular weight excluding hydrogens is 342 g/mol. The van der Waals surface area contributed by atoms with Gasteiger partial charge in [-0.25, -0.2) is 0 Å². The summed E-state index contributed by atoms with van der Waals surface area (Å²) in [5.41, 5.74) is 2.39. The van der Waals surface area contributed by atoms with Gasteiger partial charge in [-0.3, -0.25) is 14.5 Å². The van der Waals surface area contributed by atoms with E-state index in [-0.39, 0.29) is 11.7 Å². The van der Waals surface area contributed by atoms with Gasteiger partial charge in [-0.05, 0) is 31.2 Å². The standard InChI is InChI=1S/C21H25N3O3/c1-16(25)17-5-3-6-18(13-17)22-21(26)15-23-9-11-24(12-10-23)19-7-4-8-20(14-19)27-2/h3-8,13-14H,9-12,15H2,1-2H3,(H,22,26). The number of ketones is 1. The highest BCUT2D eigenvalue weighted by Gasteiger charge is 2.19. The number of methoxy groups -OCH3 is 1. The Morgan fingerprint density at radius 2 is 1.78 bits per heavy atom. The molecule has 6 nitrogen and oxygen atoms in total. The fourth-order valence-corrected chi connectivity index (χ4v) is 3.19. The minimum Gasteiger partial charge on any atom is -0.497 e. The Balaban J connectivity index is 1.50. The van der Waals surface area contributed by atoms with Gasteiger partial charge in [0.1, 0.15) is 5.75 Å². The lowest BCUT2D eigenvalue weighted by Crippen LogP contribution is -2.48. The molecule has 1 amide bonds. The molecule has 1 aliphatic rings. The molecule has 0 atom stereocenters. The monoisotopic (exact) mass is 367 g/mol. The van der Waals surface area contributed by atoms with Gasteiger partial charge in [0.2, 0.25) is 5.91 Å². The van der Waals surface area contributed by atoms with Crippen LogP contribution in [0.4, 0.5) is 11.4 Å². The van der Waals surface area contributed by atoms with Gasteiger partial charge in [-0.15, -0.1) is 0 Å². The van der Waals surface area contributed by atoms with Crippen molar-refractivity contribution in [3.8, 4) is 5.75 Å². The van der Waals surface area contributed by atoms with Crippen LogP contribution < -0.4 is 15.0 Å². The zero-order chi connectivity index (χ0) is 19.2. The van der Waals surface area contributed by atoms with Crippen LogP contribution in [0.25, 0.3) is 0 Å². The summed E-state index contributed by atoms with van der Waals surface area (Å²) in [4.78, 5) is 28.2. The quantitative estimate of drug-likeness (QED) is 0.796. The topological polar surface area (TPSA) is 61.9 Å². The number of carbonyl (C=O) groups excluding carboxylic acids is 2. The second kappa shape index (κ2) is 8.68. The number of nitrogens with zero attached hydrogens (tertiary/aromatic N) is 2. The van der Waals surface area contributed by atoms with Crippen molar-refractivity contribution in [1.82, 2.24) is 4.90 Å². The van der Waals surface area contributed by atoms with E-state index in [2.05, 4.69) is 21.2 Å². The van der Waals surface area contributed by atoms with Crippen LogP contribution in [0, 0.1) is 0 Å². The molecule has 3 rings (SSSR count). The largest absolute Gasteiger partial charge is 0.497 e. The zero-order valence-corrected chi connectivity index (χ0v) is 15.8. The van der Waals surface area contributed by atoms with Gasteiger partial charge in [-0.2, -0.15) is 0 Å². The molecule has 6 heteroatoms. The minimum absolute atomic E-state index is 0.0141. The lowest BCUT2D eigenvalue weighted by molar-refractivity contribution is -0.117. The first-order chi connectivity index (χ1) is 13.0. The Morgan fingerprint density at radius 1 is 1.04 bits per heavy atom. The number of amides is 1. The van der Waals surface area contributed by atoms with Crippen molar-refractivity contribution in [3.63, 3.8) is 0 Å². The summed E-state index contributed by atoms with van der Waals surface area (Å²) >= 11 is 0. The lowest BCUT2D eigenvalue weighted by atomic mass is 10.1. The maximum absolute atomic E-state index is 12.3. The molecule has 2 aromatic rings. The summed E-state index contributed by atoms with van der Waals surface area (Å²) in [5, 5.41) is 2.88. The van der Waals surface area contributed by atoms with E-state index in [0.717, 1.165) is 37.6 Å². The van der Waals surface area contributed by atoms with Crippen LogP contribution in [0.3, 0.4) is 0 Å². The molecule has 0 saturated carbocycles. The fourth-order valence-electron chi connectivity index (χ4n) is 3.19. The van der Waals surface area contributed by atoms with Crippen molar-refractivity contribution < 1.29 is 14.3 Å². The highest BCUT2D eigenvalue weighted by atomic mass is 16.5. The molecule has 0 unspecified atom stereocenters. The molecule has 142 valence electrons. The van der Waals surface area contributed by atoms with Crippen molar-refractivity contribution in [2.45, 2.75) is 6.92 Å². The van der Waals surface area contributed by atoms with Crippen LogP contribution in [0.15, 0.2) is 48.5 Å². The van der Waals surface area contributed by atoms with E-state index in [4.69, 9.17) is 4.74 Å². The number of hydrogen-bond donors (Lipinski definition) is 1. The van der Waals surface area contributed by atoms with E-state index in [1.165, 1.54) is 6.92 Å². The molecule has 1 aliphatic heterocycles. The average Bonchev–Trinajstić information content (AvgIpc) is 2.68. The lowest BCUT2D eigenvalue weighted by Gasteiger charge is -2.35. The molecule has 1 fully saturated rings. The number of carbonyl (C=O) groups is 2. The van der Waals surface area contributed by atoms with Gasteiger partial charge < -0.3 is 15.0 Å². The number of rotatable bonds is 6. The number of anilines is 2. The van der Waals surface area contributed by atoms with E-state index in [1.54, 1.807) is 31.4 Å². The Hall–Kier alpha value is -2.86. The van der Waals surface area contributed by atoms with Crippen molar-refractivity contribution >= 4 is 23.1 Å². The first kappa shape index (κ1) is 18.9. The Labute approximate surface area is 159 Å². The van der Waals surface area contributed by atoms with E-state index in [9.17, 15) is 9.59 Å². The highest BCUT2D eigenvalue weighted by Crippen LogP contribution is 2.22. The normalized spacial score (nSPS) is 14.7. The van der Waals surface area contributed by atoms with Crippen molar-refractivity contribution in [1.29, 1.82) is 0 Å². The summed E-state index contributed by atoms with van der Waals surface area (Å²) in [7, 11) is 1.67. The second-order valence-electron chi connectivity index (χ2n) is 6.65. The van der Waals surface area contributed by atoms with Crippen molar-refractivity contribution in [2.24, 2.45) is 0 Å². The average molecular weight is 367 g/mol. The third-order valence-corrected chi connectivity index (χ3v) is 4.71. The smallest absolute Gasteiger partial charge is 0.238 e. The number of piperazine rings is 1. The predicted octanol–water partition coefficient (Wildman–Crippen LogP) is 2.66. The number of benzene rings is 2. The van der Waals surface area contributed by atoms with Crippen LogP contribution in [-0.2, 0) is 4.79 Å². The van der Waals surface area contributed by atoms with Crippen LogP contribution in [0.5, 0.6) is 5.75 Å². The Morgan fingerprint density at radius 3 is 2.48 bits per heavy atom. The van der Waals surface area contributed by atoms with Gasteiger partial charge in [0.15, 0.2) is 5.78 Å². The van der Waals surface area contributed by atoms with Gasteiger partial charge in [-0.1, -0.05) is 18.2 Å². The third-order valence-electron chi connectivity index (χ3n) is 4.71. The first-order valence-corrected chi connectivity index (χ1v) is 9.07. The Kier molecular flexibility index (Phi) is 6.08. The summed E-state index contributed by atoms with van der Waals surface area (Å²) in [6, 6.07) is 15.1. The van der Waals surface area contributed by atoms with E-state index >= 15 is 0 Å². The molecule has 0 aromatic heterocycles. The zero-order valence-electron chi connectivity index (χ0n) is 15.8. The highest BCUT2D eigenvalue weighted by molar-refractivity contribution is 5.97. The van der Waals surface area contributed by atoms with Crippen LogP contribution in [0.2, 0.25) is 0 Å². The molecule has 1 N–H and O–H groups in total. The Bertz CT molecular complexity index is 814. The van der Waals surface area contributed by atoms with Gasteiger partial charge in [0.25, 0.3) is 0 Å². The van der Waals surface area contributed by atoms with Gasteiger partial charge in [0, 0.05) is 49.2 Å². The van der Waals surface area contributed by atoms with E-state index in [0.29, 0.717) is 17.8 Å². The maximum atomic E-state index is 12.3. The van der Waals surface area contributed by atoms with E-state index < -0.39 is 0 Å². The fraction of sp³-hybridized carbons (Fsp3) is 0.333.